The number of aryl methyl sites for hydroxylation is 1. The second-order valence-electron chi connectivity index (χ2n) is 6.21. The maximum Gasteiger partial charge on any atom is 0.339 e. The fourth-order valence-electron chi connectivity index (χ4n) is 3.13. The van der Waals surface area contributed by atoms with Crippen molar-refractivity contribution in [3.8, 4) is 0 Å². The van der Waals surface area contributed by atoms with E-state index in [-0.39, 0.29) is 24.2 Å². The quantitative estimate of drug-likeness (QED) is 0.620. The molecule has 0 spiro atoms. The first-order chi connectivity index (χ1) is 11.9. The lowest BCUT2D eigenvalue weighted by Crippen LogP contribution is -2.45. The molecule has 0 aromatic carbocycles. The molecule has 1 aliphatic rings. The van der Waals surface area contributed by atoms with Crippen molar-refractivity contribution in [3.05, 3.63) is 16.0 Å². The van der Waals surface area contributed by atoms with Crippen molar-refractivity contribution in [2.45, 2.75) is 58.4 Å². The van der Waals surface area contributed by atoms with Crippen LogP contribution >= 0.6 is 11.3 Å². The molecule has 0 aliphatic heterocycles. The van der Waals surface area contributed by atoms with Gasteiger partial charge in [-0.05, 0) is 31.7 Å². The molecule has 2 rings (SSSR count). The number of thiophene rings is 1. The number of nitrogens with one attached hydrogen (secondary N) is 3. The summed E-state index contributed by atoms with van der Waals surface area (Å²) in [5, 5.41) is 17.7. The Kier molecular flexibility index (Phi) is 6.81. The van der Waals surface area contributed by atoms with Gasteiger partial charge < -0.3 is 21.1 Å². The highest BCUT2D eigenvalue weighted by atomic mass is 32.1. The van der Waals surface area contributed by atoms with E-state index in [0.29, 0.717) is 11.4 Å². The van der Waals surface area contributed by atoms with Crippen molar-refractivity contribution in [1.82, 2.24) is 10.6 Å². The van der Waals surface area contributed by atoms with E-state index >= 15 is 0 Å². The van der Waals surface area contributed by atoms with Gasteiger partial charge in [0.25, 0.3) is 0 Å². The topological polar surface area (TPSA) is 108 Å². The molecule has 1 aromatic heterocycles. The monoisotopic (exact) mass is 367 g/mol. The third-order valence-corrected chi connectivity index (χ3v) is 5.44. The van der Waals surface area contributed by atoms with Gasteiger partial charge in [-0.2, -0.15) is 0 Å². The summed E-state index contributed by atoms with van der Waals surface area (Å²) in [5.41, 5.74) is 0.876. The third-order valence-electron chi connectivity index (χ3n) is 4.38. The first-order valence-corrected chi connectivity index (χ1v) is 9.43. The van der Waals surface area contributed by atoms with Crippen LogP contribution in [0.1, 0.15) is 59.8 Å². The molecule has 8 heteroatoms. The molecule has 1 fully saturated rings. The predicted molar refractivity (Wildman–Crippen MR) is 97.4 cm³/mol. The number of amides is 3. The van der Waals surface area contributed by atoms with E-state index in [1.807, 2.05) is 13.8 Å². The summed E-state index contributed by atoms with van der Waals surface area (Å²) in [6.45, 7) is 3.52. The molecule has 1 aromatic rings. The summed E-state index contributed by atoms with van der Waals surface area (Å²) in [6.07, 6.45) is 5.95. The highest BCUT2D eigenvalue weighted by Gasteiger charge is 2.22. The zero-order valence-corrected chi connectivity index (χ0v) is 15.4. The highest BCUT2D eigenvalue weighted by Crippen LogP contribution is 2.33. The molecular weight excluding hydrogens is 342 g/mol. The first-order valence-electron chi connectivity index (χ1n) is 8.62. The second-order valence-corrected chi connectivity index (χ2v) is 7.43. The van der Waals surface area contributed by atoms with Crippen molar-refractivity contribution in [2.24, 2.45) is 0 Å². The smallest absolute Gasteiger partial charge is 0.339 e. The molecule has 1 saturated carbocycles. The van der Waals surface area contributed by atoms with Crippen molar-refractivity contribution in [2.75, 3.05) is 11.9 Å². The van der Waals surface area contributed by atoms with Gasteiger partial charge in [-0.1, -0.05) is 26.2 Å². The molecule has 0 unspecified atom stereocenters. The van der Waals surface area contributed by atoms with Gasteiger partial charge in [0.05, 0.1) is 12.1 Å². The summed E-state index contributed by atoms with van der Waals surface area (Å²) in [7, 11) is 0. The van der Waals surface area contributed by atoms with Crippen molar-refractivity contribution in [1.29, 1.82) is 0 Å². The van der Waals surface area contributed by atoms with Crippen LogP contribution in [0.4, 0.5) is 9.80 Å². The van der Waals surface area contributed by atoms with Crippen LogP contribution in [0.15, 0.2) is 0 Å². The summed E-state index contributed by atoms with van der Waals surface area (Å²) in [6, 6.07) is -0.195. The van der Waals surface area contributed by atoms with Gasteiger partial charge in [0.2, 0.25) is 5.91 Å². The Morgan fingerprint density at radius 1 is 1.20 bits per heavy atom. The lowest BCUT2D eigenvalue weighted by atomic mass is 9.96. The average molecular weight is 367 g/mol. The highest BCUT2D eigenvalue weighted by molar-refractivity contribution is 7.16. The molecule has 7 nitrogen and oxygen atoms in total. The number of urea groups is 1. The van der Waals surface area contributed by atoms with Crippen LogP contribution in [-0.4, -0.2) is 35.6 Å². The molecule has 4 N–H and O–H groups in total. The molecule has 25 heavy (non-hydrogen) atoms. The number of hydrogen-bond donors (Lipinski definition) is 4. The van der Waals surface area contributed by atoms with Crippen LogP contribution in [0, 0.1) is 6.92 Å². The molecule has 0 radical (unpaired) electrons. The van der Waals surface area contributed by atoms with Gasteiger partial charge in [-0.3, -0.25) is 4.79 Å². The Bertz CT molecular complexity index is 651. The largest absolute Gasteiger partial charge is 0.478 e. The number of rotatable bonds is 6. The predicted octanol–water partition coefficient (Wildman–Crippen LogP) is 2.89. The molecular formula is C17H25N3O4S. The molecule has 0 bridgehead atoms. The number of carboxylic acid groups (broad SMARTS) is 1. The van der Waals surface area contributed by atoms with Crippen LogP contribution in [-0.2, 0) is 11.2 Å². The molecule has 3 amide bonds. The zero-order valence-electron chi connectivity index (χ0n) is 14.6. The lowest BCUT2D eigenvalue weighted by Gasteiger charge is -2.22. The van der Waals surface area contributed by atoms with E-state index < -0.39 is 11.9 Å². The first kappa shape index (κ1) is 19.2. The summed E-state index contributed by atoms with van der Waals surface area (Å²) >= 11 is 1.24. The zero-order chi connectivity index (χ0) is 18.4. The SMILES string of the molecule is CCc1c(C)sc(NC(=O)CNC(=O)NC2CCCCC2)c1C(=O)O. The van der Waals surface area contributed by atoms with Crippen molar-refractivity contribution < 1.29 is 19.5 Å². The minimum Gasteiger partial charge on any atom is -0.478 e. The van der Waals surface area contributed by atoms with Crippen LogP contribution in [0.25, 0.3) is 0 Å². The van der Waals surface area contributed by atoms with E-state index in [2.05, 4.69) is 16.0 Å². The van der Waals surface area contributed by atoms with Crippen LogP contribution in [0.3, 0.4) is 0 Å². The Hall–Kier alpha value is -2.09. The van der Waals surface area contributed by atoms with Gasteiger partial charge >= 0.3 is 12.0 Å². The number of aromatic carboxylic acids is 1. The van der Waals surface area contributed by atoms with E-state index in [0.717, 1.165) is 36.1 Å². The Labute approximate surface area is 151 Å². The Morgan fingerprint density at radius 2 is 1.88 bits per heavy atom. The standard InChI is InChI=1S/C17H25N3O4S/c1-3-12-10(2)25-15(14(12)16(22)23)20-13(21)9-18-17(24)19-11-7-5-4-6-8-11/h11H,3-9H2,1-2H3,(H,20,21)(H,22,23)(H2,18,19,24). The normalized spacial score (nSPS) is 14.8. The van der Waals surface area contributed by atoms with E-state index in [1.54, 1.807) is 0 Å². The number of carbonyl (C=O) groups is 3. The third kappa shape index (κ3) is 5.19. The fraction of sp³-hybridized carbons (Fsp3) is 0.588. The minimum absolute atomic E-state index is 0.144. The molecule has 1 heterocycles. The van der Waals surface area contributed by atoms with Gasteiger partial charge in [0.1, 0.15) is 5.00 Å². The fourth-order valence-corrected chi connectivity index (χ4v) is 4.29. The number of carbonyl (C=O) groups excluding carboxylic acids is 2. The summed E-state index contributed by atoms with van der Waals surface area (Å²) < 4.78 is 0. The van der Waals surface area contributed by atoms with Crippen LogP contribution in [0.5, 0.6) is 0 Å². The number of carboxylic acids is 1. The molecule has 138 valence electrons. The van der Waals surface area contributed by atoms with E-state index in [4.69, 9.17) is 0 Å². The minimum atomic E-state index is -1.06. The lowest BCUT2D eigenvalue weighted by molar-refractivity contribution is -0.115. The van der Waals surface area contributed by atoms with Gasteiger partial charge in [-0.15, -0.1) is 11.3 Å². The van der Waals surface area contributed by atoms with Gasteiger partial charge in [-0.25, -0.2) is 9.59 Å². The average Bonchev–Trinajstić information content (AvgIpc) is 2.89. The van der Waals surface area contributed by atoms with E-state index in [1.165, 1.54) is 17.8 Å². The number of hydrogen-bond acceptors (Lipinski definition) is 4. The van der Waals surface area contributed by atoms with Crippen LogP contribution < -0.4 is 16.0 Å². The Morgan fingerprint density at radius 3 is 2.48 bits per heavy atom. The molecule has 0 atom stereocenters. The maximum absolute atomic E-state index is 12.1. The Balaban J connectivity index is 1.88. The second kappa shape index (κ2) is 8.84. The van der Waals surface area contributed by atoms with Crippen molar-refractivity contribution >= 4 is 34.2 Å². The summed E-state index contributed by atoms with van der Waals surface area (Å²) in [5.74, 6) is -1.50. The van der Waals surface area contributed by atoms with Crippen LogP contribution in [0.2, 0.25) is 0 Å². The molecule has 1 aliphatic carbocycles. The van der Waals surface area contributed by atoms with Gasteiger partial charge in [0, 0.05) is 10.9 Å². The summed E-state index contributed by atoms with van der Waals surface area (Å²) in [4.78, 5) is 36.2. The van der Waals surface area contributed by atoms with Crippen molar-refractivity contribution in [3.63, 3.8) is 0 Å². The maximum atomic E-state index is 12.1. The number of anilines is 1. The molecule has 0 saturated heterocycles. The van der Waals surface area contributed by atoms with E-state index in [9.17, 15) is 19.5 Å². The van der Waals surface area contributed by atoms with Gasteiger partial charge in [0.15, 0.2) is 0 Å².